The van der Waals surface area contributed by atoms with Gasteiger partial charge in [0.25, 0.3) is 11.6 Å². The SMILES string of the molecule is Cc1cccc([N+](=O)[O-])c1C(=O)OCC(=O)N1CCOC(C)C1. The van der Waals surface area contributed by atoms with Gasteiger partial charge >= 0.3 is 5.97 Å². The summed E-state index contributed by atoms with van der Waals surface area (Å²) in [5.41, 5.74) is -0.0280. The van der Waals surface area contributed by atoms with Gasteiger partial charge in [-0.3, -0.25) is 14.9 Å². The molecule has 0 aromatic heterocycles. The molecule has 0 saturated carbocycles. The molecule has 1 amide bonds. The van der Waals surface area contributed by atoms with Crippen molar-refractivity contribution in [3.63, 3.8) is 0 Å². The summed E-state index contributed by atoms with van der Waals surface area (Å²) >= 11 is 0. The zero-order valence-corrected chi connectivity index (χ0v) is 13.0. The fraction of sp³-hybridized carbons (Fsp3) is 0.467. The average Bonchev–Trinajstić information content (AvgIpc) is 2.51. The Kier molecular flexibility index (Phi) is 5.28. The number of hydrogen-bond acceptors (Lipinski definition) is 6. The van der Waals surface area contributed by atoms with E-state index in [9.17, 15) is 19.7 Å². The van der Waals surface area contributed by atoms with Crippen molar-refractivity contribution in [2.24, 2.45) is 0 Å². The summed E-state index contributed by atoms with van der Waals surface area (Å²) in [4.78, 5) is 36.1. The van der Waals surface area contributed by atoms with Crippen LogP contribution >= 0.6 is 0 Å². The maximum absolute atomic E-state index is 12.1. The molecule has 2 rings (SSSR count). The molecule has 1 atom stereocenters. The minimum absolute atomic E-state index is 0.0687. The number of nitro groups is 1. The van der Waals surface area contributed by atoms with Crippen LogP contribution in [0, 0.1) is 17.0 Å². The smallest absolute Gasteiger partial charge is 0.345 e. The molecule has 1 saturated heterocycles. The van der Waals surface area contributed by atoms with Gasteiger partial charge in [-0.15, -0.1) is 0 Å². The Morgan fingerprint density at radius 3 is 2.87 bits per heavy atom. The molecule has 1 heterocycles. The van der Waals surface area contributed by atoms with Crippen LogP contribution in [0.2, 0.25) is 0 Å². The Labute approximate surface area is 133 Å². The Bertz CT molecular complexity index is 630. The number of aryl methyl sites for hydroxylation is 1. The first-order valence-electron chi connectivity index (χ1n) is 7.20. The Morgan fingerprint density at radius 2 is 2.22 bits per heavy atom. The maximum Gasteiger partial charge on any atom is 0.345 e. The fourth-order valence-electron chi connectivity index (χ4n) is 2.41. The van der Waals surface area contributed by atoms with Crippen LogP contribution in [0.3, 0.4) is 0 Å². The molecule has 0 radical (unpaired) electrons. The van der Waals surface area contributed by atoms with Gasteiger partial charge in [0.05, 0.1) is 17.6 Å². The van der Waals surface area contributed by atoms with E-state index in [1.807, 2.05) is 6.92 Å². The van der Waals surface area contributed by atoms with Crippen LogP contribution in [0.1, 0.15) is 22.8 Å². The number of hydrogen-bond donors (Lipinski definition) is 0. The molecule has 1 aliphatic heterocycles. The third kappa shape index (κ3) is 4.04. The molecular weight excluding hydrogens is 304 g/mol. The van der Waals surface area contributed by atoms with E-state index in [0.717, 1.165) is 0 Å². The lowest BCUT2D eigenvalue weighted by Gasteiger charge is -2.30. The van der Waals surface area contributed by atoms with E-state index in [1.54, 1.807) is 17.9 Å². The van der Waals surface area contributed by atoms with Crippen LogP contribution < -0.4 is 0 Å². The van der Waals surface area contributed by atoms with Crippen molar-refractivity contribution in [3.8, 4) is 0 Å². The summed E-state index contributed by atoms with van der Waals surface area (Å²) in [6.07, 6.45) is -0.0687. The van der Waals surface area contributed by atoms with E-state index >= 15 is 0 Å². The molecule has 1 aromatic carbocycles. The molecular formula is C15H18N2O6. The first-order chi connectivity index (χ1) is 10.9. The second-order valence-corrected chi connectivity index (χ2v) is 5.32. The minimum atomic E-state index is -0.871. The number of amides is 1. The number of morpholine rings is 1. The summed E-state index contributed by atoms with van der Waals surface area (Å²) < 4.78 is 10.3. The largest absolute Gasteiger partial charge is 0.452 e. The van der Waals surface area contributed by atoms with E-state index in [-0.39, 0.29) is 23.3 Å². The topological polar surface area (TPSA) is 99.0 Å². The predicted octanol–water partition coefficient (Wildman–Crippen LogP) is 1.31. The first kappa shape index (κ1) is 16.9. The predicted molar refractivity (Wildman–Crippen MR) is 80.1 cm³/mol. The maximum atomic E-state index is 12.1. The van der Waals surface area contributed by atoms with Crippen molar-refractivity contribution < 1.29 is 24.0 Å². The normalized spacial score (nSPS) is 17.7. The number of benzene rings is 1. The van der Waals surface area contributed by atoms with Crippen LogP contribution in [0.15, 0.2) is 18.2 Å². The number of carbonyl (C=O) groups excluding carboxylic acids is 2. The van der Waals surface area contributed by atoms with Gasteiger partial charge in [-0.05, 0) is 19.4 Å². The summed E-state index contributed by atoms with van der Waals surface area (Å²) in [6, 6.07) is 4.30. The number of nitro benzene ring substituents is 1. The molecule has 0 N–H and O–H groups in total. The first-order valence-corrected chi connectivity index (χ1v) is 7.20. The molecule has 1 unspecified atom stereocenters. The number of nitrogens with zero attached hydrogens (tertiary/aromatic N) is 2. The standard InChI is InChI=1S/C15H18N2O6/c1-10-4-3-5-12(17(20)21)14(10)15(19)23-9-13(18)16-6-7-22-11(2)8-16/h3-5,11H,6-9H2,1-2H3. The van der Waals surface area contributed by atoms with Gasteiger partial charge in [-0.1, -0.05) is 12.1 Å². The average molecular weight is 322 g/mol. The van der Waals surface area contributed by atoms with Gasteiger partial charge in [0.1, 0.15) is 5.56 Å². The van der Waals surface area contributed by atoms with Crippen molar-refractivity contribution in [1.29, 1.82) is 0 Å². The highest BCUT2D eigenvalue weighted by molar-refractivity contribution is 5.96. The third-order valence-electron chi connectivity index (χ3n) is 3.57. The molecule has 1 aromatic rings. The van der Waals surface area contributed by atoms with Crippen molar-refractivity contribution >= 4 is 17.6 Å². The van der Waals surface area contributed by atoms with Crippen molar-refractivity contribution in [1.82, 2.24) is 4.90 Å². The number of rotatable bonds is 4. The van der Waals surface area contributed by atoms with Crippen LogP contribution in [0.25, 0.3) is 0 Å². The zero-order chi connectivity index (χ0) is 17.0. The summed E-state index contributed by atoms with van der Waals surface area (Å²) in [5.74, 6) is -1.21. The Balaban J connectivity index is 2.03. The van der Waals surface area contributed by atoms with Gasteiger partial charge < -0.3 is 14.4 Å². The highest BCUT2D eigenvalue weighted by Crippen LogP contribution is 2.22. The molecule has 23 heavy (non-hydrogen) atoms. The van der Waals surface area contributed by atoms with E-state index in [4.69, 9.17) is 9.47 Å². The summed E-state index contributed by atoms with van der Waals surface area (Å²) in [6.45, 7) is 4.28. The van der Waals surface area contributed by atoms with Gasteiger partial charge in [0, 0.05) is 19.2 Å². The zero-order valence-electron chi connectivity index (χ0n) is 13.0. The van der Waals surface area contributed by atoms with E-state index in [0.29, 0.717) is 25.3 Å². The Morgan fingerprint density at radius 1 is 1.48 bits per heavy atom. The molecule has 1 aliphatic rings. The highest BCUT2D eigenvalue weighted by Gasteiger charge is 2.26. The summed E-state index contributed by atoms with van der Waals surface area (Å²) in [5, 5.41) is 11.0. The molecule has 8 heteroatoms. The van der Waals surface area contributed by atoms with Crippen molar-refractivity contribution in [2.45, 2.75) is 20.0 Å². The van der Waals surface area contributed by atoms with E-state index in [2.05, 4.69) is 0 Å². The monoisotopic (exact) mass is 322 g/mol. The third-order valence-corrected chi connectivity index (χ3v) is 3.57. The lowest BCUT2D eigenvalue weighted by Crippen LogP contribution is -2.46. The van der Waals surface area contributed by atoms with Gasteiger partial charge in [0.15, 0.2) is 6.61 Å². The molecule has 0 aliphatic carbocycles. The lowest BCUT2D eigenvalue weighted by molar-refractivity contribution is -0.385. The molecule has 8 nitrogen and oxygen atoms in total. The van der Waals surface area contributed by atoms with Crippen LogP contribution in [0.5, 0.6) is 0 Å². The Hall–Kier alpha value is -2.48. The van der Waals surface area contributed by atoms with Gasteiger partial charge in [-0.25, -0.2) is 4.79 Å². The van der Waals surface area contributed by atoms with Crippen molar-refractivity contribution in [2.75, 3.05) is 26.3 Å². The lowest BCUT2D eigenvalue weighted by atomic mass is 10.1. The molecule has 0 bridgehead atoms. The number of carbonyl (C=O) groups is 2. The number of esters is 1. The second-order valence-electron chi connectivity index (χ2n) is 5.32. The van der Waals surface area contributed by atoms with E-state index in [1.165, 1.54) is 12.1 Å². The minimum Gasteiger partial charge on any atom is -0.452 e. The molecule has 124 valence electrons. The fourth-order valence-corrected chi connectivity index (χ4v) is 2.41. The molecule has 0 spiro atoms. The van der Waals surface area contributed by atoms with Gasteiger partial charge in [0.2, 0.25) is 0 Å². The van der Waals surface area contributed by atoms with Crippen molar-refractivity contribution in [3.05, 3.63) is 39.4 Å². The second kappa shape index (κ2) is 7.19. The van der Waals surface area contributed by atoms with Crippen LogP contribution in [0.4, 0.5) is 5.69 Å². The molecule has 1 fully saturated rings. The van der Waals surface area contributed by atoms with E-state index < -0.39 is 17.5 Å². The summed E-state index contributed by atoms with van der Waals surface area (Å²) in [7, 11) is 0. The van der Waals surface area contributed by atoms with Crippen LogP contribution in [-0.2, 0) is 14.3 Å². The van der Waals surface area contributed by atoms with Crippen LogP contribution in [-0.4, -0.2) is 54.1 Å². The quantitative estimate of drug-likeness (QED) is 0.471. The highest BCUT2D eigenvalue weighted by atomic mass is 16.6. The van der Waals surface area contributed by atoms with Gasteiger partial charge in [-0.2, -0.15) is 0 Å². The number of ether oxygens (including phenoxy) is 2.